The first-order valence-corrected chi connectivity index (χ1v) is 7.06. The Morgan fingerprint density at radius 2 is 1.90 bits per heavy atom. The molecule has 2 atom stereocenters. The third-order valence-electron chi connectivity index (χ3n) is 4.56. The molecule has 3 rings (SSSR count). The number of hydrogen-bond acceptors (Lipinski definition) is 1. The molecule has 108 valence electrons. The number of halogens is 3. The quantitative estimate of drug-likeness (QED) is 0.740. The molecule has 0 aromatic heterocycles. The fourth-order valence-electron chi connectivity index (χ4n) is 3.45. The van der Waals surface area contributed by atoms with Gasteiger partial charge in [0.25, 0.3) is 0 Å². The predicted octanol–water partition coefficient (Wildman–Crippen LogP) is 4.35. The van der Waals surface area contributed by atoms with E-state index in [0.29, 0.717) is 17.6 Å². The van der Waals surface area contributed by atoms with Crippen LogP contribution in [-0.2, 0) is 6.18 Å². The van der Waals surface area contributed by atoms with Gasteiger partial charge in [0.2, 0.25) is 0 Å². The average molecular weight is 281 g/mol. The number of benzene rings is 1. The number of likely N-dealkylation sites (N-methyl/N-ethyl adjacent to an activating group) is 1. The second-order valence-corrected chi connectivity index (χ2v) is 5.76. The molecule has 0 amide bonds. The van der Waals surface area contributed by atoms with Crippen molar-refractivity contribution in [2.24, 2.45) is 0 Å². The van der Waals surface area contributed by atoms with Crippen molar-refractivity contribution in [2.45, 2.75) is 43.9 Å². The van der Waals surface area contributed by atoms with Crippen molar-refractivity contribution in [3.8, 4) is 0 Å². The first kappa shape index (κ1) is 13.7. The summed E-state index contributed by atoms with van der Waals surface area (Å²) in [6.45, 7) is 0. The smallest absolute Gasteiger partial charge is 0.297 e. The van der Waals surface area contributed by atoms with E-state index >= 15 is 0 Å². The van der Waals surface area contributed by atoms with E-state index in [4.69, 9.17) is 0 Å². The molecule has 0 radical (unpaired) electrons. The van der Waals surface area contributed by atoms with Gasteiger partial charge in [-0.3, -0.25) is 4.90 Å². The monoisotopic (exact) mass is 281 g/mol. The van der Waals surface area contributed by atoms with Crippen LogP contribution in [0.2, 0.25) is 0 Å². The first-order valence-electron chi connectivity index (χ1n) is 7.06. The van der Waals surface area contributed by atoms with Crippen LogP contribution in [0.3, 0.4) is 0 Å². The summed E-state index contributed by atoms with van der Waals surface area (Å²) in [7, 11) is 2.08. The van der Waals surface area contributed by atoms with Crippen LogP contribution in [0.5, 0.6) is 0 Å². The van der Waals surface area contributed by atoms with Gasteiger partial charge in [-0.1, -0.05) is 30.7 Å². The molecule has 1 nitrogen and oxygen atoms in total. The largest absolute Gasteiger partial charge is 0.416 e. The normalized spacial score (nSPS) is 27.3. The molecule has 1 fully saturated rings. The summed E-state index contributed by atoms with van der Waals surface area (Å²) in [6.07, 6.45) is 1.78. The van der Waals surface area contributed by atoms with Crippen molar-refractivity contribution in [3.05, 3.63) is 41.5 Å². The zero-order valence-electron chi connectivity index (χ0n) is 11.5. The molecule has 2 unspecified atom stereocenters. The highest BCUT2D eigenvalue weighted by atomic mass is 19.4. The lowest BCUT2D eigenvalue weighted by Crippen LogP contribution is -2.45. The number of hydrogen-bond donors (Lipinski definition) is 0. The Hall–Kier alpha value is -1.29. The highest BCUT2D eigenvalue weighted by Gasteiger charge is 2.37. The lowest BCUT2D eigenvalue weighted by Gasteiger charge is -2.43. The summed E-state index contributed by atoms with van der Waals surface area (Å²) in [6, 6.07) is 6.62. The van der Waals surface area contributed by atoms with Crippen molar-refractivity contribution < 1.29 is 13.2 Å². The van der Waals surface area contributed by atoms with Crippen molar-refractivity contribution in [1.29, 1.82) is 0 Å². The molecular weight excluding hydrogens is 263 g/mol. The first-order chi connectivity index (χ1) is 9.47. The van der Waals surface area contributed by atoms with Crippen molar-refractivity contribution >= 4 is 5.57 Å². The lowest BCUT2D eigenvalue weighted by molar-refractivity contribution is -0.137. The molecule has 2 heterocycles. The third-order valence-corrected chi connectivity index (χ3v) is 4.56. The molecular formula is C16H18F3N. The van der Waals surface area contributed by atoms with Crippen LogP contribution < -0.4 is 0 Å². The van der Waals surface area contributed by atoms with Gasteiger partial charge in [0, 0.05) is 12.1 Å². The van der Waals surface area contributed by atoms with Crippen LogP contribution >= 0.6 is 0 Å². The Bertz CT molecular complexity index is 533. The number of nitrogens with zero attached hydrogens (tertiary/aromatic N) is 1. The van der Waals surface area contributed by atoms with Crippen LogP contribution in [0.4, 0.5) is 13.2 Å². The van der Waals surface area contributed by atoms with E-state index in [9.17, 15) is 13.2 Å². The number of fused-ring (bicyclic) bond motifs is 2. The van der Waals surface area contributed by atoms with Crippen LogP contribution in [0, 0.1) is 0 Å². The molecule has 2 aliphatic heterocycles. The van der Waals surface area contributed by atoms with Crippen LogP contribution in [0.1, 0.15) is 36.8 Å². The molecule has 4 heteroatoms. The van der Waals surface area contributed by atoms with Gasteiger partial charge < -0.3 is 0 Å². The van der Waals surface area contributed by atoms with E-state index in [1.165, 1.54) is 18.6 Å². The number of rotatable bonds is 1. The number of piperidine rings is 1. The topological polar surface area (TPSA) is 3.24 Å². The van der Waals surface area contributed by atoms with Gasteiger partial charge in [0.05, 0.1) is 5.56 Å². The summed E-state index contributed by atoms with van der Waals surface area (Å²) in [5.41, 5.74) is 0.726. The standard InChI is InChI=1S/C16H18F3N/c1-20-12-5-4-6-13(20)10-11(9-12)14-7-2-3-8-15(14)16(17,18)19/h2-3,7-9,12-13H,4-6,10H2,1H3. The zero-order valence-corrected chi connectivity index (χ0v) is 11.5. The van der Waals surface area contributed by atoms with Gasteiger partial charge in [-0.05, 0) is 43.5 Å². The summed E-state index contributed by atoms with van der Waals surface area (Å²) < 4.78 is 39.4. The SMILES string of the molecule is CN1C2C=C(c3ccccc3C(F)(F)F)CC1CCC2. The minimum Gasteiger partial charge on any atom is -0.297 e. The minimum absolute atomic E-state index is 0.291. The molecule has 2 aliphatic rings. The summed E-state index contributed by atoms with van der Waals surface area (Å²) in [5, 5.41) is 0. The lowest BCUT2D eigenvalue weighted by atomic mass is 9.82. The number of alkyl halides is 3. The van der Waals surface area contributed by atoms with Crippen molar-refractivity contribution in [3.63, 3.8) is 0 Å². The molecule has 1 saturated heterocycles. The maximum absolute atomic E-state index is 13.1. The second kappa shape index (κ2) is 4.92. The van der Waals surface area contributed by atoms with Gasteiger partial charge in [0.1, 0.15) is 0 Å². The Morgan fingerprint density at radius 1 is 1.15 bits per heavy atom. The van der Waals surface area contributed by atoms with Gasteiger partial charge in [-0.25, -0.2) is 0 Å². The second-order valence-electron chi connectivity index (χ2n) is 5.76. The Labute approximate surface area is 117 Å². The van der Waals surface area contributed by atoms with E-state index in [-0.39, 0.29) is 0 Å². The molecule has 1 aromatic rings. The molecule has 0 aliphatic carbocycles. The maximum Gasteiger partial charge on any atom is 0.416 e. The molecule has 2 bridgehead atoms. The van der Waals surface area contributed by atoms with Crippen molar-refractivity contribution in [1.82, 2.24) is 4.90 Å². The molecule has 0 spiro atoms. The molecule has 1 aromatic carbocycles. The zero-order chi connectivity index (χ0) is 14.3. The average Bonchev–Trinajstić information content (AvgIpc) is 2.37. The van der Waals surface area contributed by atoms with Crippen LogP contribution in [0.25, 0.3) is 5.57 Å². The fourth-order valence-corrected chi connectivity index (χ4v) is 3.45. The molecule has 0 saturated carbocycles. The summed E-state index contributed by atoms with van der Waals surface area (Å²) in [4.78, 5) is 2.31. The van der Waals surface area contributed by atoms with Crippen LogP contribution in [-0.4, -0.2) is 24.0 Å². The van der Waals surface area contributed by atoms with Gasteiger partial charge >= 0.3 is 6.18 Å². The summed E-state index contributed by atoms with van der Waals surface area (Å²) in [5.74, 6) is 0. The van der Waals surface area contributed by atoms with Crippen LogP contribution in [0.15, 0.2) is 30.3 Å². The third kappa shape index (κ3) is 2.37. The van der Waals surface area contributed by atoms with Gasteiger partial charge in [0.15, 0.2) is 0 Å². The van der Waals surface area contributed by atoms with E-state index in [2.05, 4.69) is 11.9 Å². The highest BCUT2D eigenvalue weighted by molar-refractivity contribution is 5.70. The molecule has 0 N–H and O–H groups in total. The highest BCUT2D eigenvalue weighted by Crippen LogP contribution is 2.40. The van der Waals surface area contributed by atoms with E-state index in [1.54, 1.807) is 12.1 Å². The van der Waals surface area contributed by atoms with Crippen molar-refractivity contribution in [2.75, 3.05) is 7.05 Å². The molecule has 20 heavy (non-hydrogen) atoms. The van der Waals surface area contributed by atoms with Gasteiger partial charge in [-0.15, -0.1) is 0 Å². The van der Waals surface area contributed by atoms with E-state index < -0.39 is 11.7 Å². The Balaban J connectivity index is 2.02. The van der Waals surface area contributed by atoms with E-state index in [0.717, 1.165) is 24.8 Å². The predicted molar refractivity (Wildman–Crippen MR) is 73.2 cm³/mol. The summed E-state index contributed by atoms with van der Waals surface area (Å²) >= 11 is 0. The van der Waals surface area contributed by atoms with E-state index in [1.807, 2.05) is 6.08 Å². The van der Waals surface area contributed by atoms with Gasteiger partial charge in [-0.2, -0.15) is 13.2 Å². The Morgan fingerprint density at radius 3 is 2.60 bits per heavy atom. The fraction of sp³-hybridized carbons (Fsp3) is 0.500. The minimum atomic E-state index is -4.28. The Kier molecular flexibility index (Phi) is 3.36. The maximum atomic E-state index is 13.1.